The van der Waals surface area contributed by atoms with E-state index in [2.05, 4.69) is 29.2 Å². The summed E-state index contributed by atoms with van der Waals surface area (Å²) in [5.74, 6) is 0.499. The molecule has 76 valence electrons. The molecular formula is C12H17NO. The Kier molecular flexibility index (Phi) is 3.17. The lowest BCUT2D eigenvalue weighted by Crippen LogP contribution is -2.20. The summed E-state index contributed by atoms with van der Waals surface area (Å²) < 4.78 is 0. The molecule has 0 aromatic heterocycles. The van der Waals surface area contributed by atoms with E-state index in [-0.39, 0.29) is 0 Å². The van der Waals surface area contributed by atoms with Gasteiger partial charge in [-0.3, -0.25) is 4.90 Å². The predicted octanol–water partition coefficient (Wildman–Crippen LogP) is 1.50. The highest BCUT2D eigenvalue weighted by Crippen LogP contribution is 2.17. The molecule has 1 saturated heterocycles. The lowest BCUT2D eigenvalue weighted by atomic mass is 10.1. The molecule has 1 aliphatic heterocycles. The van der Waals surface area contributed by atoms with E-state index in [1.165, 1.54) is 5.56 Å². The first-order valence-corrected chi connectivity index (χ1v) is 5.25. The number of hydrogen-bond donors (Lipinski definition) is 1. The molecule has 0 spiro atoms. The third-order valence-electron chi connectivity index (χ3n) is 2.88. The highest BCUT2D eigenvalue weighted by atomic mass is 16.3. The van der Waals surface area contributed by atoms with Crippen molar-refractivity contribution in [2.24, 2.45) is 5.92 Å². The summed E-state index contributed by atoms with van der Waals surface area (Å²) >= 11 is 0. The van der Waals surface area contributed by atoms with Crippen molar-refractivity contribution in [3.8, 4) is 0 Å². The summed E-state index contributed by atoms with van der Waals surface area (Å²) in [7, 11) is 0. The van der Waals surface area contributed by atoms with Crippen LogP contribution in [0.15, 0.2) is 30.3 Å². The largest absolute Gasteiger partial charge is 0.396 e. The second kappa shape index (κ2) is 4.58. The van der Waals surface area contributed by atoms with Gasteiger partial charge in [0.15, 0.2) is 0 Å². The SMILES string of the molecule is OC[C@H]1CCN(Cc2ccccc2)C1. The lowest BCUT2D eigenvalue weighted by Gasteiger charge is -2.15. The van der Waals surface area contributed by atoms with E-state index >= 15 is 0 Å². The van der Waals surface area contributed by atoms with Crippen molar-refractivity contribution >= 4 is 0 Å². The van der Waals surface area contributed by atoms with Crippen LogP contribution in [0.5, 0.6) is 0 Å². The standard InChI is InChI=1S/C12H17NO/c14-10-12-6-7-13(9-12)8-11-4-2-1-3-5-11/h1-5,12,14H,6-10H2/t12-/m0/s1. The molecule has 0 saturated carbocycles. The van der Waals surface area contributed by atoms with Crippen molar-refractivity contribution < 1.29 is 5.11 Å². The molecule has 1 N–H and O–H groups in total. The molecule has 0 aliphatic carbocycles. The molecule has 0 bridgehead atoms. The first-order chi connectivity index (χ1) is 6.88. The smallest absolute Gasteiger partial charge is 0.0471 e. The maximum absolute atomic E-state index is 9.02. The summed E-state index contributed by atoms with van der Waals surface area (Å²) in [5.41, 5.74) is 1.37. The number of aliphatic hydroxyl groups excluding tert-OH is 1. The Labute approximate surface area is 85.2 Å². The van der Waals surface area contributed by atoms with Gasteiger partial charge in [-0.05, 0) is 24.4 Å². The van der Waals surface area contributed by atoms with Gasteiger partial charge in [-0.15, -0.1) is 0 Å². The van der Waals surface area contributed by atoms with Gasteiger partial charge >= 0.3 is 0 Å². The van der Waals surface area contributed by atoms with Crippen molar-refractivity contribution in [3.63, 3.8) is 0 Å². The van der Waals surface area contributed by atoms with Crippen molar-refractivity contribution in [2.75, 3.05) is 19.7 Å². The molecule has 1 aliphatic rings. The Morgan fingerprint density at radius 2 is 2.07 bits per heavy atom. The minimum Gasteiger partial charge on any atom is -0.396 e. The maximum Gasteiger partial charge on any atom is 0.0471 e. The van der Waals surface area contributed by atoms with E-state index < -0.39 is 0 Å². The van der Waals surface area contributed by atoms with Crippen LogP contribution >= 0.6 is 0 Å². The van der Waals surface area contributed by atoms with Gasteiger partial charge in [-0.2, -0.15) is 0 Å². The van der Waals surface area contributed by atoms with Gasteiger partial charge in [0.2, 0.25) is 0 Å². The van der Waals surface area contributed by atoms with Crippen molar-refractivity contribution in [2.45, 2.75) is 13.0 Å². The van der Waals surface area contributed by atoms with E-state index in [0.717, 1.165) is 26.1 Å². The second-order valence-electron chi connectivity index (χ2n) is 4.06. The molecule has 1 aromatic rings. The van der Waals surface area contributed by atoms with Crippen LogP contribution in [0.2, 0.25) is 0 Å². The Morgan fingerprint density at radius 1 is 1.29 bits per heavy atom. The van der Waals surface area contributed by atoms with E-state index in [1.807, 2.05) is 6.07 Å². The van der Waals surface area contributed by atoms with E-state index in [0.29, 0.717) is 12.5 Å². The summed E-state index contributed by atoms with van der Waals surface area (Å²) in [6.07, 6.45) is 1.14. The zero-order chi connectivity index (χ0) is 9.80. The Morgan fingerprint density at radius 3 is 2.71 bits per heavy atom. The van der Waals surface area contributed by atoms with Crippen LogP contribution in [-0.4, -0.2) is 29.7 Å². The third-order valence-corrected chi connectivity index (χ3v) is 2.88. The minimum absolute atomic E-state index is 0.339. The monoisotopic (exact) mass is 191 g/mol. The molecule has 1 aromatic carbocycles. The molecule has 1 fully saturated rings. The predicted molar refractivity (Wildman–Crippen MR) is 56.9 cm³/mol. The fraction of sp³-hybridized carbons (Fsp3) is 0.500. The number of likely N-dealkylation sites (tertiary alicyclic amines) is 1. The van der Waals surface area contributed by atoms with Gasteiger partial charge in [0, 0.05) is 19.7 Å². The van der Waals surface area contributed by atoms with Crippen LogP contribution < -0.4 is 0 Å². The zero-order valence-corrected chi connectivity index (χ0v) is 8.39. The molecule has 1 atom stereocenters. The average Bonchev–Trinajstić information content (AvgIpc) is 2.67. The first kappa shape index (κ1) is 9.69. The number of hydrogen-bond acceptors (Lipinski definition) is 2. The van der Waals surface area contributed by atoms with Crippen LogP contribution in [0, 0.1) is 5.92 Å². The summed E-state index contributed by atoms with van der Waals surface area (Å²) in [5, 5.41) is 9.02. The van der Waals surface area contributed by atoms with Crippen LogP contribution in [0.4, 0.5) is 0 Å². The van der Waals surface area contributed by atoms with Gasteiger partial charge in [-0.1, -0.05) is 30.3 Å². The quantitative estimate of drug-likeness (QED) is 0.782. The highest BCUT2D eigenvalue weighted by molar-refractivity contribution is 5.14. The average molecular weight is 191 g/mol. The van der Waals surface area contributed by atoms with Gasteiger partial charge in [0.1, 0.15) is 0 Å². The summed E-state index contributed by atoms with van der Waals surface area (Å²) in [6.45, 7) is 3.54. The Bertz CT molecular complexity index is 273. The van der Waals surface area contributed by atoms with E-state index in [4.69, 9.17) is 5.11 Å². The van der Waals surface area contributed by atoms with Crippen molar-refractivity contribution in [1.29, 1.82) is 0 Å². The minimum atomic E-state index is 0.339. The first-order valence-electron chi connectivity index (χ1n) is 5.25. The Balaban J connectivity index is 1.88. The van der Waals surface area contributed by atoms with Crippen LogP contribution in [-0.2, 0) is 6.54 Å². The molecule has 0 radical (unpaired) electrons. The lowest BCUT2D eigenvalue weighted by molar-refractivity contribution is 0.220. The van der Waals surface area contributed by atoms with Crippen LogP contribution in [0.3, 0.4) is 0 Å². The number of aliphatic hydroxyl groups is 1. The molecular weight excluding hydrogens is 174 g/mol. The number of nitrogens with zero attached hydrogens (tertiary/aromatic N) is 1. The topological polar surface area (TPSA) is 23.5 Å². The van der Waals surface area contributed by atoms with E-state index in [1.54, 1.807) is 0 Å². The zero-order valence-electron chi connectivity index (χ0n) is 8.39. The highest BCUT2D eigenvalue weighted by Gasteiger charge is 2.21. The van der Waals surface area contributed by atoms with E-state index in [9.17, 15) is 0 Å². The molecule has 1 heterocycles. The summed E-state index contributed by atoms with van der Waals surface area (Å²) in [6, 6.07) is 10.5. The molecule has 0 amide bonds. The third kappa shape index (κ3) is 2.34. The second-order valence-corrected chi connectivity index (χ2v) is 4.06. The number of rotatable bonds is 3. The molecule has 2 nitrogen and oxygen atoms in total. The fourth-order valence-electron chi connectivity index (χ4n) is 2.05. The van der Waals surface area contributed by atoms with Gasteiger partial charge < -0.3 is 5.11 Å². The van der Waals surface area contributed by atoms with Gasteiger partial charge in [0.05, 0.1) is 0 Å². The molecule has 14 heavy (non-hydrogen) atoms. The Hall–Kier alpha value is -0.860. The van der Waals surface area contributed by atoms with Crippen LogP contribution in [0.1, 0.15) is 12.0 Å². The maximum atomic E-state index is 9.02. The molecule has 0 unspecified atom stereocenters. The van der Waals surface area contributed by atoms with Gasteiger partial charge in [0.25, 0.3) is 0 Å². The number of benzene rings is 1. The molecule has 2 heteroatoms. The van der Waals surface area contributed by atoms with Crippen molar-refractivity contribution in [1.82, 2.24) is 4.90 Å². The normalized spacial score (nSPS) is 22.8. The van der Waals surface area contributed by atoms with Crippen LogP contribution in [0.25, 0.3) is 0 Å². The summed E-state index contributed by atoms with van der Waals surface area (Å²) in [4.78, 5) is 2.41. The van der Waals surface area contributed by atoms with Crippen molar-refractivity contribution in [3.05, 3.63) is 35.9 Å². The molecule has 2 rings (SSSR count). The fourth-order valence-corrected chi connectivity index (χ4v) is 2.05. The van der Waals surface area contributed by atoms with Gasteiger partial charge in [-0.25, -0.2) is 0 Å².